The van der Waals surface area contributed by atoms with Crippen molar-refractivity contribution in [2.24, 2.45) is 0 Å². The van der Waals surface area contributed by atoms with Gasteiger partial charge in [0.15, 0.2) is 0 Å². The Balaban J connectivity index is 5.04. The molecular formula is C14H29NO2. The Kier molecular flexibility index (Phi) is 7.44. The van der Waals surface area contributed by atoms with Crippen molar-refractivity contribution in [1.82, 2.24) is 4.90 Å². The van der Waals surface area contributed by atoms with Crippen LogP contribution in [0.3, 0.4) is 0 Å². The van der Waals surface area contributed by atoms with E-state index >= 15 is 0 Å². The molecule has 0 rings (SSSR count). The molecule has 3 nitrogen and oxygen atoms in total. The van der Waals surface area contributed by atoms with Gasteiger partial charge < -0.3 is 5.11 Å². The van der Waals surface area contributed by atoms with E-state index in [0.29, 0.717) is 6.04 Å². The van der Waals surface area contributed by atoms with Gasteiger partial charge in [-0.25, -0.2) is 0 Å². The van der Waals surface area contributed by atoms with Crippen LogP contribution in [0.5, 0.6) is 0 Å². The molecule has 0 saturated carbocycles. The Morgan fingerprint density at radius 2 is 1.65 bits per heavy atom. The Morgan fingerprint density at radius 1 is 1.18 bits per heavy atom. The predicted molar refractivity (Wildman–Crippen MR) is 72.3 cm³/mol. The van der Waals surface area contributed by atoms with Crippen molar-refractivity contribution >= 4 is 5.97 Å². The highest BCUT2D eigenvalue weighted by atomic mass is 16.4. The van der Waals surface area contributed by atoms with Gasteiger partial charge in [0.2, 0.25) is 0 Å². The number of nitrogens with zero attached hydrogens (tertiary/aromatic N) is 1. The van der Waals surface area contributed by atoms with Crippen molar-refractivity contribution in [3.63, 3.8) is 0 Å². The van der Waals surface area contributed by atoms with Crippen molar-refractivity contribution in [2.45, 2.75) is 77.8 Å². The van der Waals surface area contributed by atoms with E-state index in [0.717, 1.165) is 38.5 Å². The first kappa shape index (κ1) is 16.4. The van der Waals surface area contributed by atoms with E-state index in [1.54, 1.807) is 0 Å². The van der Waals surface area contributed by atoms with E-state index < -0.39 is 11.5 Å². The van der Waals surface area contributed by atoms with Crippen LogP contribution >= 0.6 is 0 Å². The van der Waals surface area contributed by atoms with Gasteiger partial charge >= 0.3 is 5.97 Å². The van der Waals surface area contributed by atoms with Gasteiger partial charge in [-0.05, 0) is 33.2 Å². The molecule has 1 unspecified atom stereocenters. The summed E-state index contributed by atoms with van der Waals surface area (Å²) in [7, 11) is 1.97. The van der Waals surface area contributed by atoms with E-state index in [-0.39, 0.29) is 0 Å². The minimum atomic E-state index is -0.669. The molecule has 3 heteroatoms. The smallest absolute Gasteiger partial charge is 0.324 e. The fourth-order valence-corrected chi connectivity index (χ4v) is 2.70. The Hall–Kier alpha value is -0.570. The highest BCUT2D eigenvalue weighted by Gasteiger charge is 2.42. The zero-order valence-electron chi connectivity index (χ0n) is 12.1. The summed E-state index contributed by atoms with van der Waals surface area (Å²) in [5.41, 5.74) is -0.669. The molecule has 0 radical (unpaired) electrons. The molecule has 0 aliphatic heterocycles. The molecule has 0 aromatic heterocycles. The van der Waals surface area contributed by atoms with E-state index in [2.05, 4.69) is 32.6 Å². The molecule has 0 aliphatic rings. The van der Waals surface area contributed by atoms with E-state index in [9.17, 15) is 9.90 Å². The molecule has 0 aromatic carbocycles. The van der Waals surface area contributed by atoms with Gasteiger partial charge in [-0.15, -0.1) is 0 Å². The second kappa shape index (κ2) is 7.70. The van der Waals surface area contributed by atoms with Gasteiger partial charge in [0, 0.05) is 6.04 Å². The lowest BCUT2D eigenvalue weighted by Crippen LogP contribution is -2.56. The molecular weight excluding hydrogens is 214 g/mol. The fourth-order valence-electron chi connectivity index (χ4n) is 2.70. The average molecular weight is 243 g/mol. The van der Waals surface area contributed by atoms with Crippen LogP contribution in [0.15, 0.2) is 0 Å². The fraction of sp³-hybridized carbons (Fsp3) is 0.929. The van der Waals surface area contributed by atoms with Crippen molar-refractivity contribution in [3.8, 4) is 0 Å². The van der Waals surface area contributed by atoms with Crippen LogP contribution in [-0.2, 0) is 4.79 Å². The summed E-state index contributed by atoms with van der Waals surface area (Å²) in [5, 5.41) is 9.63. The summed E-state index contributed by atoms with van der Waals surface area (Å²) in [4.78, 5) is 13.8. The molecule has 0 aliphatic carbocycles. The van der Waals surface area contributed by atoms with Crippen LogP contribution in [-0.4, -0.2) is 34.6 Å². The Labute approximate surface area is 106 Å². The lowest BCUT2D eigenvalue weighted by Gasteiger charge is -2.42. The number of carbonyl (C=O) groups is 1. The zero-order chi connectivity index (χ0) is 13.5. The van der Waals surface area contributed by atoms with E-state index in [4.69, 9.17) is 0 Å². The monoisotopic (exact) mass is 243 g/mol. The Bertz CT molecular complexity index is 222. The molecule has 0 fully saturated rings. The van der Waals surface area contributed by atoms with Crippen LogP contribution in [0.4, 0.5) is 0 Å². The zero-order valence-corrected chi connectivity index (χ0v) is 12.1. The van der Waals surface area contributed by atoms with Gasteiger partial charge in [0.25, 0.3) is 0 Å². The van der Waals surface area contributed by atoms with E-state index in [1.165, 1.54) is 0 Å². The minimum Gasteiger partial charge on any atom is -0.480 e. The van der Waals surface area contributed by atoms with Crippen molar-refractivity contribution in [2.75, 3.05) is 7.05 Å². The summed E-state index contributed by atoms with van der Waals surface area (Å²) >= 11 is 0. The van der Waals surface area contributed by atoms with Crippen molar-refractivity contribution in [1.29, 1.82) is 0 Å². The standard InChI is InChI=1S/C14H29NO2/c1-6-9-12(4)15(5)14(10-7-2,11-8-3)13(16)17/h12H,6-11H2,1-5H3,(H,16,17). The van der Waals surface area contributed by atoms with Crippen molar-refractivity contribution < 1.29 is 9.90 Å². The molecule has 0 saturated heterocycles. The quantitative estimate of drug-likeness (QED) is 0.673. The number of hydrogen-bond donors (Lipinski definition) is 1. The summed E-state index contributed by atoms with van der Waals surface area (Å²) in [6.45, 7) is 8.40. The maximum absolute atomic E-state index is 11.7. The normalized spacial score (nSPS) is 14.0. The lowest BCUT2D eigenvalue weighted by atomic mass is 9.85. The predicted octanol–water partition coefficient (Wildman–Crippen LogP) is 3.53. The average Bonchev–Trinajstić information content (AvgIpc) is 2.27. The van der Waals surface area contributed by atoms with Gasteiger partial charge in [0.05, 0.1) is 0 Å². The highest BCUT2D eigenvalue weighted by molar-refractivity contribution is 5.78. The topological polar surface area (TPSA) is 40.5 Å². The molecule has 0 aromatic rings. The minimum absolute atomic E-state index is 0.328. The van der Waals surface area contributed by atoms with Crippen LogP contribution in [0.2, 0.25) is 0 Å². The first-order valence-electron chi connectivity index (χ1n) is 6.92. The maximum atomic E-state index is 11.7. The number of carboxylic acids is 1. The molecule has 102 valence electrons. The molecule has 1 atom stereocenters. The summed E-state index contributed by atoms with van der Waals surface area (Å²) in [5.74, 6) is -0.661. The largest absolute Gasteiger partial charge is 0.480 e. The lowest BCUT2D eigenvalue weighted by molar-refractivity contribution is -0.153. The summed E-state index contributed by atoms with van der Waals surface area (Å²) in [6, 6.07) is 0.328. The number of likely N-dealkylation sites (N-methyl/N-ethyl adjacent to an activating group) is 1. The van der Waals surface area contributed by atoms with E-state index in [1.807, 2.05) is 7.05 Å². The van der Waals surface area contributed by atoms with Gasteiger partial charge in [0.1, 0.15) is 5.54 Å². The molecule has 0 spiro atoms. The first-order chi connectivity index (χ1) is 7.96. The third-order valence-corrected chi connectivity index (χ3v) is 3.77. The third kappa shape index (κ3) is 3.98. The molecule has 17 heavy (non-hydrogen) atoms. The highest BCUT2D eigenvalue weighted by Crippen LogP contribution is 2.29. The first-order valence-corrected chi connectivity index (χ1v) is 6.92. The Morgan fingerprint density at radius 3 is 1.94 bits per heavy atom. The summed E-state index contributed by atoms with van der Waals surface area (Å²) < 4.78 is 0. The summed E-state index contributed by atoms with van der Waals surface area (Å²) in [6.07, 6.45) is 5.45. The number of carboxylic acid groups (broad SMARTS) is 1. The number of rotatable bonds is 9. The maximum Gasteiger partial charge on any atom is 0.324 e. The number of hydrogen-bond acceptors (Lipinski definition) is 2. The van der Waals surface area contributed by atoms with Crippen LogP contribution in [0, 0.1) is 0 Å². The van der Waals surface area contributed by atoms with Crippen LogP contribution < -0.4 is 0 Å². The van der Waals surface area contributed by atoms with Crippen LogP contribution in [0.25, 0.3) is 0 Å². The van der Waals surface area contributed by atoms with Gasteiger partial charge in [-0.3, -0.25) is 9.69 Å². The molecule has 0 heterocycles. The molecule has 0 amide bonds. The second-order valence-electron chi connectivity index (χ2n) is 5.09. The van der Waals surface area contributed by atoms with Crippen molar-refractivity contribution in [3.05, 3.63) is 0 Å². The molecule has 0 bridgehead atoms. The van der Waals surface area contributed by atoms with Gasteiger partial charge in [-0.1, -0.05) is 40.0 Å². The number of aliphatic carboxylic acids is 1. The third-order valence-electron chi connectivity index (χ3n) is 3.77. The molecule has 1 N–H and O–H groups in total. The second-order valence-corrected chi connectivity index (χ2v) is 5.09. The SMILES string of the molecule is CCCC(C)N(C)C(CCC)(CCC)C(=O)O. The van der Waals surface area contributed by atoms with Crippen LogP contribution in [0.1, 0.15) is 66.2 Å². The van der Waals surface area contributed by atoms with Gasteiger partial charge in [-0.2, -0.15) is 0 Å².